The van der Waals surface area contributed by atoms with Crippen molar-refractivity contribution in [3.63, 3.8) is 0 Å². The number of benzene rings is 1. The average molecular weight is 478 g/mol. The highest BCUT2D eigenvalue weighted by atomic mass is 16.6. The third-order valence-corrected chi connectivity index (χ3v) is 4.73. The number of carbonyl (C=O) groups excluding carboxylic acids is 3. The first-order chi connectivity index (χ1) is 16.3. The van der Waals surface area contributed by atoms with Crippen molar-refractivity contribution in [3.8, 4) is 0 Å². The first-order valence-electron chi connectivity index (χ1n) is 10.5. The molecule has 1 aromatic rings. The Bertz CT molecular complexity index is 831. The zero-order valence-electron chi connectivity index (χ0n) is 19.2. The van der Waals surface area contributed by atoms with E-state index in [1.54, 1.807) is 0 Å². The summed E-state index contributed by atoms with van der Waals surface area (Å²) in [6.45, 7) is 8.72. The Labute approximate surface area is 198 Å². The van der Waals surface area contributed by atoms with E-state index in [-0.39, 0.29) is 57.4 Å². The van der Waals surface area contributed by atoms with Crippen LogP contribution in [0.3, 0.4) is 0 Å². The van der Waals surface area contributed by atoms with E-state index in [0.29, 0.717) is 6.42 Å². The number of hydrogen-bond donors (Lipinski definition) is 1. The third kappa shape index (κ3) is 9.97. The Hall–Kier alpha value is -3.50. The molecule has 0 aliphatic heterocycles. The van der Waals surface area contributed by atoms with Gasteiger partial charge in [0.05, 0.1) is 43.0 Å². The SMILES string of the molecule is C=CC(=O)OCCOCC(CC)(COCCOC(=O)C=C)COC(=O)c1ccccc1C(=O)O. The molecule has 0 aliphatic carbocycles. The van der Waals surface area contributed by atoms with Gasteiger partial charge in [0, 0.05) is 12.2 Å². The molecule has 0 atom stereocenters. The van der Waals surface area contributed by atoms with Gasteiger partial charge in [-0.3, -0.25) is 0 Å². The quantitative estimate of drug-likeness (QED) is 0.154. The summed E-state index contributed by atoms with van der Waals surface area (Å²) in [4.78, 5) is 46.3. The number of esters is 3. The van der Waals surface area contributed by atoms with Gasteiger partial charge in [0.1, 0.15) is 19.8 Å². The number of rotatable bonds is 17. The monoisotopic (exact) mass is 478 g/mol. The maximum atomic E-state index is 12.6. The van der Waals surface area contributed by atoms with Crippen molar-refractivity contribution in [3.05, 3.63) is 60.7 Å². The van der Waals surface area contributed by atoms with Crippen molar-refractivity contribution >= 4 is 23.9 Å². The summed E-state index contributed by atoms with van der Waals surface area (Å²) >= 11 is 0. The molecule has 0 heterocycles. The van der Waals surface area contributed by atoms with Crippen LogP contribution in [-0.2, 0) is 33.3 Å². The van der Waals surface area contributed by atoms with Crippen LogP contribution in [0.4, 0.5) is 0 Å². The summed E-state index contributed by atoms with van der Waals surface area (Å²) in [5, 5.41) is 9.30. The van der Waals surface area contributed by atoms with E-state index in [1.807, 2.05) is 6.92 Å². The predicted octanol–water partition coefficient (Wildman–Crippen LogP) is 2.43. The van der Waals surface area contributed by atoms with Crippen LogP contribution in [0, 0.1) is 5.41 Å². The zero-order valence-corrected chi connectivity index (χ0v) is 19.2. The summed E-state index contributed by atoms with van der Waals surface area (Å²) in [6.07, 6.45) is 2.55. The van der Waals surface area contributed by atoms with Gasteiger partial charge < -0.3 is 28.8 Å². The lowest BCUT2D eigenvalue weighted by atomic mass is 9.88. The van der Waals surface area contributed by atoms with E-state index in [1.165, 1.54) is 24.3 Å². The molecule has 186 valence electrons. The molecule has 10 heteroatoms. The van der Waals surface area contributed by atoms with Crippen molar-refractivity contribution in [2.45, 2.75) is 13.3 Å². The minimum Gasteiger partial charge on any atom is -0.478 e. The number of carboxylic acid groups (broad SMARTS) is 1. The van der Waals surface area contributed by atoms with Crippen molar-refractivity contribution in [1.82, 2.24) is 0 Å². The molecule has 0 spiro atoms. The van der Waals surface area contributed by atoms with Crippen molar-refractivity contribution in [1.29, 1.82) is 0 Å². The van der Waals surface area contributed by atoms with Gasteiger partial charge in [-0.15, -0.1) is 0 Å². The molecule has 0 unspecified atom stereocenters. The summed E-state index contributed by atoms with van der Waals surface area (Å²) < 4.78 is 26.4. The minimum atomic E-state index is -1.25. The van der Waals surface area contributed by atoms with Crippen molar-refractivity contribution in [2.24, 2.45) is 5.41 Å². The number of aromatic carboxylic acids is 1. The molecule has 1 aromatic carbocycles. The number of carbonyl (C=O) groups is 4. The van der Waals surface area contributed by atoms with E-state index in [9.17, 15) is 24.3 Å². The molecule has 0 radical (unpaired) electrons. The highest BCUT2D eigenvalue weighted by Gasteiger charge is 2.32. The maximum Gasteiger partial charge on any atom is 0.339 e. The fraction of sp³-hybridized carbons (Fsp3) is 0.417. The highest BCUT2D eigenvalue weighted by Crippen LogP contribution is 2.25. The number of carboxylic acids is 1. The average Bonchev–Trinajstić information content (AvgIpc) is 2.85. The van der Waals surface area contributed by atoms with Crippen molar-refractivity contribution < 1.29 is 48.0 Å². The largest absolute Gasteiger partial charge is 0.478 e. The van der Waals surface area contributed by atoms with Gasteiger partial charge in [-0.25, -0.2) is 19.2 Å². The van der Waals surface area contributed by atoms with Gasteiger partial charge in [-0.05, 0) is 18.6 Å². The van der Waals surface area contributed by atoms with E-state index < -0.39 is 29.3 Å². The summed E-state index contributed by atoms with van der Waals surface area (Å²) in [6, 6.07) is 5.73. The molecule has 1 rings (SSSR count). The fourth-order valence-electron chi connectivity index (χ4n) is 2.67. The summed E-state index contributed by atoms with van der Waals surface area (Å²) in [5.41, 5.74) is -1.04. The molecular weight excluding hydrogens is 448 g/mol. The first-order valence-corrected chi connectivity index (χ1v) is 10.5. The Morgan fingerprint density at radius 3 is 1.76 bits per heavy atom. The summed E-state index contributed by atoms with van der Waals surface area (Å²) in [5.74, 6) is -3.19. The molecule has 10 nitrogen and oxygen atoms in total. The predicted molar refractivity (Wildman–Crippen MR) is 120 cm³/mol. The normalized spacial score (nSPS) is 10.7. The smallest absolute Gasteiger partial charge is 0.339 e. The third-order valence-electron chi connectivity index (χ3n) is 4.73. The maximum absolute atomic E-state index is 12.6. The first kappa shape index (κ1) is 28.5. The molecule has 0 aliphatic rings. The van der Waals surface area contributed by atoms with Crippen LogP contribution in [0.2, 0.25) is 0 Å². The van der Waals surface area contributed by atoms with Crippen LogP contribution in [0.15, 0.2) is 49.6 Å². The van der Waals surface area contributed by atoms with E-state index in [2.05, 4.69) is 13.2 Å². The van der Waals surface area contributed by atoms with Gasteiger partial charge in [0.2, 0.25) is 0 Å². The molecular formula is C24H30O10. The standard InChI is InChI=1S/C24H30O10/c1-4-20(25)32-13-11-30-15-24(6-3,16-31-12-14-33-21(26)5-2)17-34-23(29)19-10-8-7-9-18(19)22(27)28/h4-5,7-10H,1-2,6,11-17H2,3H3,(H,27,28). The van der Waals surface area contributed by atoms with Gasteiger partial charge in [-0.1, -0.05) is 32.2 Å². The Morgan fingerprint density at radius 1 is 0.824 bits per heavy atom. The summed E-state index contributed by atoms with van der Waals surface area (Å²) in [7, 11) is 0. The van der Waals surface area contributed by atoms with Gasteiger partial charge >= 0.3 is 23.9 Å². The lowest BCUT2D eigenvalue weighted by Crippen LogP contribution is -2.38. The lowest BCUT2D eigenvalue weighted by Gasteiger charge is -2.31. The fourth-order valence-corrected chi connectivity index (χ4v) is 2.67. The second kappa shape index (κ2) is 15.4. The molecule has 0 amide bonds. The van der Waals surface area contributed by atoms with Gasteiger partial charge in [0.15, 0.2) is 0 Å². The number of ether oxygens (including phenoxy) is 5. The van der Waals surface area contributed by atoms with Crippen LogP contribution >= 0.6 is 0 Å². The minimum absolute atomic E-state index is 0.00871. The Balaban J connectivity index is 2.79. The molecule has 0 saturated heterocycles. The van der Waals surface area contributed by atoms with Gasteiger partial charge in [-0.2, -0.15) is 0 Å². The second-order valence-corrected chi connectivity index (χ2v) is 7.13. The second-order valence-electron chi connectivity index (χ2n) is 7.13. The van der Waals surface area contributed by atoms with Crippen molar-refractivity contribution in [2.75, 3.05) is 46.2 Å². The molecule has 0 fully saturated rings. The molecule has 34 heavy (non-hydrogen) atoms. The van der Waals surface area contributed by atoms with E-state index in [0.717, 1.165) is 12.2 Å². The molecule has 0 bridgehead atoms. The van der Waals surface area contributed by atoms with Crippen LogP contribution in [-0.4, -0.2) is 75.2 Å². The van der Waals surface area contributed by atoms with Crippen LogP contribution in [0.1, 0.15) is 34.1 Å². The molecule has 1 N–H and O–H groups in total. The topological polar surface area (TPSA) is 135 Å². The molecule has 0 aromatic heterocycles. The Morgan fingerprint density at radius 2 is 1.32 bits per heavy atom. The van der Waals surface area contributed by atoms with E-state index in [4.69, 9.17) is 23.7 Å². The van der Waals surface area contributed by atoms with E-state index >= 15 is 0 Å². The Kier molecular flexibility index (Phi) is 12.9. The molecule has 0 saturated carbocycles. The number of hydrogen-bond acceptors (Lipinski definition) is 9. The van der Waals surface area contributed by atoms with Crippen LogP contribution < -0.4 is 0 Å². The zero-order chi connectivity index (χ0) is 25.4. The lowest BCUT2D eigenvalue weighted by molar-refractivity contribution is -0.140. The van der Waals surface area contributed by atoms with Gasteiger partial charge in [0.25, 0.3) is 0 Å². The van der Waals surface area contributed by atoms with Crippen LogP contribution in [0.5, 0.6) is 0 Å². The van der Waals surface area contributed by atoms with Crippen LogP contribution in [0.25, 0.3) is 0 Å². The highest BCUT2D eigenvalue weighted by molar-refractivity contribution is 6.02.